The first-order valence-corrected chi connectivity index (χ1v) is 7.73. The molecular weight excluding hydrogens is 324 g/mol. The molecule has 0 radical (unpaired) electrons. The average molecular weight is 344 g/mol. The number of nitrogens with zero attached hydrogens (tertiary/aromatic N) is 2. The molecule has 7 heteroatoms. The van der Waals surface area contributed by atoms with Crippen molar-refractivity contribution in [2.45, 2.75) is 26.6 Å². The number of nitro benzene ring substituents is 1. The zero-order valence-electron chi connectivity index (χ0n) is 14.3. The van der Waals surface area contributed by atoms with E-state index in [0.717, 1.165) is 5.56 Å². The monoisotopic (exact) mass is 344 g/mol. The van der Waals surface area contributed by atoms with Crippen LogP contribution in [-0.4, -0.2) is 24.4 Å². The van der Waals surface area contributed by atoms with Gasteiger partial charge in [-0.05, 0) is 37.6 Å². The minimum absolute atomic E-state index is 0.0237. The molecule has 0 unspecified atom stereocenters. The normalized spacial score (nSPS) is 10.9. The van der Waals surface area contributed by atoms with E-state index in [4.69, 9.17) is 14.3 Å². The van der Waals surface area contributed by atoms with Crippen molar-refractivity contribution in [1.82, 2.24) is 0 Å². The van der Waals surface area contributed by atoms with Crippen LogP contribution < -0.4 is 9.47 Å². The summed E-state index contributed by atoms with van der Waals surface area (Å²) in [4.78, 5) is 15.5. The summed E-state index contributed by atoms with van der Waals surface area (Å²) in [6.45, 7) is 4.02. The summed E-state index contributed by atoms with van der Waals surface area (Å²) in [6.07, 6.45) is 1.59. The lowest BCUT2D eigenvalue weighted by molar-refractivity contribution is -0.384. The van der Waals surface area contributed by atoms with Gasteiger partial charge in [0, 0.05) is 17.7 Å². The summed E-state index contributed by atoms with van der Waals surface area (Å²) in [5.41, 5.74) is 1.48. The molecule has 0 bridgehead atoms. The molecule has 2 aromatic carbocycles. The maximum Gasteiger partial charge on any atom is 0.269 e. The molecule has 2 aromatic rings. The van der Waals surface area contributed by atoms with E-state index < -0.39 is 4.92 Å². The minimum atomic E-state index is -0.445. The SMILES string of the molecule is COc1cc(/C=N\OCc2cccc([N+](=O)[O-])c2)ccc1OC(C)C. The van der Waals surface area contributed by atoms with E-state index in [1.807, 2.05) is 19.9 Å². The first-order valence-electron chi connectivity index (χ1n) is 7.73. The molecule has 0 heterocycles. The predicted octanol–water partition coefficient (Wildman–Crippen LogP) is 3.94. The zero-order chi connectivity index (χ0) is 18.2. The van der Waals surface area contributed by atoms with Crippen molar-refractivity contribution in [2.24, 2.45) is 5.16 Å². The number of rotatable bonds is 8. The van der Waals surface area contributed by atoms with E-state index >= 15 is 0 Å². The van der Waals surface area contributed by atoms with E-state index in [2.05, 4.69) is 5.16 Å². The van der Waals surface area contributed by atoms with Crippen LogP contribution in [0, 0.1) is 10.1 Å². The molecular formula is C18H20N2O5. The molecule has 132 valence electrons. The molecule has 0 N–H and O–H groups in total. The minimum Gasteiger partial charge on any atom is -0.493 e. The third-order valence-corrected chi connectivity index (χ3v) is 3.18. The fraction of sp³-hybridized carbons (Fsp3) is 0.278. The van der Waals surface area contributed by atoms with Gasteiger partial charge < -0.3 is 14.3 Å². The first kappa shape index (κ1) is 18.3. The summed E-state index contributed by atoms with van der Waals surface area (Å²) < 4.78 is 11.0. The Kier molecular flexibility index (Phi) is 6.33. The quantitative estimate of drug-likeness (QED) is 0.411. The number of ether oxygens (including phenoxy) is 2. The van der Waals surface area contributed by atoms with Crippen LogP contribution in [-0.2, 0) is 11.4 Å². The van der Waals surface area contributed by atoms with E-state index in [1.165, 1.54) is 12.1 Å². The van der Waals surface area contributed by atoms with Gasteiger partial charge >= 0.3 is 0 Å². The second-order valence-electron chi connectivity index (χ2n) is 5.51. The van der Waals surface area contributed by atoms with Crippen LogP contribution in [0.15, 0.2) is 47.6 Å². The molecule has 0 spiro atoms. The summed E-state index contributed by atoms with van der Waals surface area (Å²) in [6, 6.07) is 11.7. The Morgan fingerprint density at radius 1 is 1.20 bits per heavy atom. The molecule has 0 atom stereocenters. The second kappa shape index (κ2) is 8.68. The maximum atomic E-state index is 10.7. The van der Waals surface area contributed by atoms with Crippen LogP contribution in [0.5, 0.6) is 11.5 Å². The van der Waals surface area contributed by atoms with Gasteiger partial charge in [0.05, 0.1) is 24.4 Å². The largest absolute Gasteiger partial charge is 0.493 e. The van der Waals surface area contributed by atoms with Crippen molar-refractivity contribution in [3.05, 3.63) is 63.7 Å². The Morgan fingerprint density at radius 2 is 2.00 bits per heavy atom. The standard InChI is InChI=1S/C18H20N2O5/c1-13(2)25-17-8-7-14(10-18(17)23-3)11-19-24-12-15-5-4-6-16(9-15)20(21)22/h4-11,13H,12H2,1-3H3/b19-11-. The third-order valence-electron chi connectivity index (χ3n) is 3.18. The van der Waals surface area contributed by atoms with Gasteiger partial charge in [-0.3, -0.25) is 10.1 Å². The summed E-state index contributed by atoms with van der Waals surface area (Å²) in [5, 5.41) is 14.6. The Bertz CT molecular complexity index is 759. The molecule has 0 aliphatic rings. The van der Waals surface area contributed by atoms with Crippen molar-refractivity contribution in [2.75, 3.05) is 7.11 Å². The third kappa shape index (κ3) is 5.49. The lowest BCUT2D eigenvalue weighted by Gasteiger charge is -2.13. The van der Waals surface area contributed by atoms with Crippen LogP contribution in [0.2, 0.25) is 0 Å². The van der Waals surface area contributed by atoms with E-state index in [0.29, 0.717) is 17.1 Å². The number of methoxy groups -OCH3 is 1. The Morgan fingerprint density at radius 3 is 2.68 bits per heavy atom. The molecule has 0 fully saturated rings. The summed E-state index contributed by atoms with van der Waals surface area (Å²) in [7, 11) is 1.57. The average Bonchev–Trinajstić information content (AvgIpc) is 2.59. The fourth-order valence-electron chi connectivity index (χ4n) is 2.09. The summed E-state index contributed by atoms with van der Waals surface area (Å²) in [5.74, 6) is 1.27. The topological polar surface area (TPSA) is 83.2 Å². The number of hydrogen-bond donors (Lipinski definition) is 0. The van der Waals surface area contributed by atoms with Crippen LogP contribution >= 0.6 is 0 Å². The Labute approximate surface area is 146 Å². The highest BCUT2D eigenvalue weighted by Crippen LogP contribution is 2.28. The molecule has 0 amide bonds. The lowest BCUT2D eigenvalue weighted by Crippen LogP contribution is -2.06. The Hall–Kier alpha value is -3.09. The Balaban J connectivity index is 1.98. The van der Waals surface area contributed by atoms with Gasteiger partial charge in [-0.15, -0.1) is 0 Å². The van der Waals surface area contributed by atoms with Crippen LogP contribution in [0.25, 0.3) is 0 Å². The van der Waals surface area contributed by atoms with Gasteiger partial charge in [0.25, 0.3) is 5.69 Å². The van der Waals surface area contributed by atoms with Gasteiger partial charge in [-0.1, -0.05) is 17.3 Å². The lowest BCUT2D eigenvalue weighted by atomic mass is 10.2. The second-order valence-corrected chi connectivity index (χ2v) is 5.51. The fourth-order valence-corrected chi connectivity index (χ4v) is 2.09. The van der Waals surface area contributed by atoms with Gasteiger partial charge in [0.2, 0.25) is 0 Å². The number of hydrogen-bond acceptors (Lipinski definition) is 6. The van der Waals surface area contributed by atoms with Gasteiger partial charge in [-0.2, -0.15) is 0 Å². The highest BCUT2D eigenvalue weighted by molar-refractivity contribution is 5.80. The zero-order valence-corrected chi connectivity index (χ0v) is 14.3. The van der Waals surface area contributed by atoms with E-state index in [-0.39, 0.29) is 18.4 Å². The van der Waals surface area contributed by atoms with Crippen molar-refractivity contribution in [3.63, 3.8) is 0 Å². The summed E-state index contributed by atoms with van der Waals surface area (Å²) >= 11 is 0. The molecule has 0 aromatic heterocycles. The van der Waals surface area contributed by atoms with Crippen molar-refractivity contribution < 1.29 is 19.2 Å². The maximum absolute atomic E-state index is 10.7. The van der Waals surface area contributed by atoms with Gasteiger partial charge in [-0.25, -0.2) is 0 Å². The first-order chi connectivity index (χ1) is 12.0. The van der Waals surface area contributed by atoms with Gasteiger partial charge in [0.15, 0.2) is 11.5 Å². The molecule has 25 heavy (non-hydrogen) atoms. The van der Waals surface area contributed by atoms with E-state index in [1.54, 1.807) is 37.6 Å². The number of oxime groups is 1. The molecule has 2 rings (SSSR count). The highest BCUT2D eigenvalue weighted by atomic mass is 16.6. The molecule has 0 aliphatic heterocycles. The van der Waals surface area contributed by atoms with Crippen LogP contribution in [0.1, 0.15) is 25.0 Å². The van der Waals surface area contributed by atoms with Crippen molar-refractivity contribution in [1.29, 1.82) is 0 Å². The van der Waals surface area contributed by atoms with Gasteiger partial charge in [0.1, 0.15) is 6.61 Å². The van der Waals surface area contributed by atoms with Crippen LogP contribution in [0.3, 0.4) is 0 Å². The molecule has 0 aliphatic carbocycles. The number of benzene rings is 2. The van der Waals surface area contributed by atoms with E-state index in [9.17, 15) is 10.1 Å². The number of non-ortho nitro benzene ring substituents is 1. The smallest absolute Gasteiger partial charge is 0.269 e. The predicted molar refractivity (Wildman–Crippen MR) is 94.2 cm³/mol. The van der Waals surface area contributed by atoms with Crippen LogP contribution in [0.4, 0.5) is 5.69 Å². The number of nitro groups is 1. The molecule has 0 saturated carbocycles. The highest BCUT2D eigenvalue weighted by Gasteiger charge is 2.07. The molecule has 0 saturated heterocycles. The van der Waals surface area contributed by atoms with Crippen molar-refractivity contribution in [3.8, 4) is 11.5 Å². The van der Waals surface area contributed by atoms with Crippen molar-refractivity contribution >= 4 is 11.9 Å². The molecule has 7 nitrogen and oxygen atoms in total.